The monoisotopic (exact) mass is 273 g/mol. The van der Waals surface area contributed by atoms with Gasteiger partial charge in [-0.3, -0.25) is 4.68 Å². The standard InChI is InChI=1S/C16H23N3O/c1-12(9-16(20)14-7-5-4-6-8-14)18-13(2)15-10-17-19(3)11-15/h4-8,10-13,16,18,20H,9H2,1-3H3. The molecule has 2 rings (SSSR count). The van der Waals surface area contributed by atoms with Crippen LogP contribution < -0.4 is 5.32 Å². The zero-order valence-electron chi connectivity index (χ0n) is 12.3. The van der Waals surface area contributed by atoms with Crippen molar-refractivity contribution in [3.05, 3.63) is 53.9 Å². The molecule has 4 nitrogen and oxygen atoms in total. The van der Waals surface area contributed by atoms with Crippen LogP contribution in [0.1, 0.15) is 43.5 Å². The number of nitrogens with zero attached hydrogens (tertiary/aromatic N) is 2. The first kappa shape index (κ1) is 14.8. The molecule has 3 atom stereocenters. The number of aliphatic hydroxyl groups is 1. The van der Waals surface area contributed by atoms with Crippen molar-refractivity contribution in [1.29, 1.82) is 0 Å². The highest BCUT2D eigenvalue weighted by atomic mass is 16.3. The fraction of sp³-hybridized carbons (Fsp3) is 0.438. The molecule has 108 valence electrons. The lowest BCUT2D eigenvalue weighted by Gasteiger charge is -2.22. The molecule has 0 amide bonds. The van der Waals surface area contributed by atoms with Crippen LogP contribution in [0.3, 0.4) is 0 Å². The van der Waals surface area contributed by atoms with Crippen molar-refractivity contribution in [3.63, 3.8) is 0 Å². The van der Waals surface area contributed by atoms with Gasteiger partial charge in [0.1, 0.15) is 0 Å². The van der Waals surface area contributed by atoms with Gasteiger partial charge in [0, 0.05) is 30.9 Å². The zero-order chi connectivity index (χ0) is 14.5. The second-order valence-corrected chi connectivity index (χ2v) is 5.40. The van der Waals surface area contributed by atoms with Gasteiger partial charge in [-0.1, -0.05) is 30.3 Å². The maximum Gasteiger partial charge on any atom is 0.0804 e. The van der Waals surface area contributed by atoms with E-state index in [0.717, 1.165) is 11.1 Å². The van der Waals surface area contributed by atoms with Crippen LogP contribution in [0.25, 0.3) is 0 Å². The van der Waals surface area contributed by atoms with Crippen molar-refractivity contribution in [3.8, 4) is 0 Å². The van der Waals surface area contributed by atoms with Crippen molar-refractivity contribution >= 4 is 0 Å². The molecule has 0 radical (unpaired) electrons. The van der Waals surface area contributed by atoms with E-state index >= 15 is 0 Å². The quantitative estimate of drug-likeness (QED) is 0.850. The maximum atomic E-state index is 10.2. The first-order valence-electron chi connectivity index (χ1n) is 7.04. The first-order valence-corrected chi connectivity index (χ1v) is 7.04. The topological polar surface area (TPSA) is 50.1 Å². The summed E-state index contributed by atoms with van der Waals surface area (Å²) in [6.45, 7) is 4.21. The Bertz CT molecular complexity index is 524. The third-order valence-corrected chi connectivity index (χ3v) is 3.52. The Morgan fingerprint density at radius 3 is 2.50 bits per heavy atom. The van der Waals surface area contributed by atoms with E-state index in [1.54, 1.807) is 4.68 Å². The molecule has 1 aromatic heterocycles. The average molecular weight is 273 g/mol. The van der Waals surface area contributed by atoms with Crippen LogP contribution in [-0.2, 0) is 7.05 Å². The van der Waals surface area contributed by atoms with E-state index in [1.807, 2.05) is 49.8 Å². The Kier molecular flexibility index (Phi) is 4.93. The predicted octanol–water partition coefficient (Wildman–Crippen LogP) is 2.58. The van der Waals surface area contributed by atoms with Crippen LogP contribution in [-0.4, -0.2) is 20.9 Å². The van der Waals surface area contributed by atoms with Crippen molar-refractivity contribution < 1.29 is 5.11 Å². The molecule has 0 aliphatic carbocycles. The van der Waals surface area contributed by atoms with E-state index < -0.39 is 6.10 Å². The summed E-state index contributed by atoms with van der Waals surface area (Å²) >= 11 is 0. The number of rotatable bonds is 6. The van der Waals surface area contributed by atoms with Gasteiger partial charge in [0.05, 0.1) is 12.3 Å². The SMILES string of the molecule is CC(CC(O)c1ccccc1)NC(C)c1cnn(C)c1. The fourth-order valence-corrected chi connectivity index (χ4v) is 2.40. The molecule has 3 unspecified atom stereocenters. The van der Waals surface area contributed by atoms with Crippen molar-refractivity contribution in [2.24, 2.45) is 7.05 Å². The van der Waals surface area contributed by atoms with Crippen LogP contribution >= 0.6 is 0 Å². The summed E-state index contributed by atoms with van der Waals surface area (Å²) in [7, 11) is 1.92. The van der Waals surface area contributed by atoms with Gasteiger partial charge in [-0.05, 0) is 25.8 Å². The minimum atomic E-state index is -0.431. The lowest BCUT2D eigenvalue weighted by molar-refractivity contribution is 0.152. The molecule has 0 fully saturated rings. The number of hydrogen-bond donors (Lipinski definition) is 2. The van der Waals surface area contributed by atoms with Gasteiger partial charge in [0.25, 0.3) is 0 Å². The van der Waals surface area contributed by atoms with E-state index in [2.05, 4.69) is 24.3 Å². The molecular formula is C16H23N3O. The molecule has 0 saturated carbocycles. The molecule has 0 spiro atoms. The van der Waals surface area contributed by atoms with Gasteiger partial charge in [0.15, 0.2) is 0 Å². The van der Waals surface area contributed by atoms with Crippen LogP contribution in [0.5, 0.6) is 0 Å². The summed E-state index contributed by atoms with van der Waals surface area (Å²) in [5.41, 5.74) is 2.13. The highest BCUT2D eigenvalue weighted by molar-refractivity contribution is 5.17. The van der Waals surface area contributed by atoms with Gasteiger partial charge in [-0.2, -0.15) is 5.10 Å². The second kappa shape index (κ2) is 6.68. The summed E-state index contributed by atoms with van der Waals surface area (Å²) in [6.07, 6.45) is 4.14. The third-order valence-electron chi connectivity index (χ3n) is 3.52. The molecule has 1 aromatic carbocycles. The molecule has 20 heavy (non-hydrogen) atoms. The lowest BCUT2D eigenvalue weighted by Crippen LogP contribution is -2.30. The summed E-state index contributed by atoms with van der Waals surface area (Å²) in [6, 6.07) is 10.2. The summed E-state index contributed by atoms with van der Waals surface area (Å²) < 4.78 is 1.80. The van der Waals surface area contributed by atoms with Crippen molar-refractivity contribution in [2.45, 2.75) is 38.5 Å². The number of aryl methyl sites for hydroxylation is 1. The van der Waals surface area contributed by atoms with Crippen LogP contribution in [0.2, 0.25) is 0 Å². The highest BCUT2D eigenvalue weighted by Crippen LogP contribution is 2.19. The van der Waals surface area contributed by atoms with Crippen LogP contribution in [0.15, 0.2) is 42.7 Å². The van der Waals surface area contributed by atoms with Crippen molar-refractivity contribution in [1.82, 2.24) is 15.1 Å². The normalized spacial score (nSPS) is 15.8. The zero-order valence-corrected chi connectivity index (χ0v) is 12.3. The molecule has 0 aliphatic rings. The number of aliphatic hydroxyl groups excluding tert-OH is 1. The summed E-state index contributed by atoms with van der Waals surface area (Å²) in [5, 5.41) is 17.9. The predicted molar refractivity (Wildman–Crippen MR) is 80.2 cm³/mol. The first-order chi connectivity index (χ1) is 9.56. The van der Waals surface area contributed by atoms with Gasteiger partial charge in [0.2, 0.25) is 0 Å². The van der Waals surface area contributed by atoms with E-state index in [0.29, 0.717) is 6.42 Å². The minimum absolute atomic E-state index is 0.223. The molecule has 2 N–H and O–H groups in total. The average Bonchev–Trinajstić information content (AvgIpc) is 2.86. The molecule has 4 heteroatoms. The van der Waals surface area contributed by atoms with Gasteiger partial charge >= 0.3 is 0 Å². The number of benzene rings is 1. The Balaban J connectivity index is 1.87. The van der Waals surface area contributed by atoms with E-state index in [9.17, 15) is 5.11 Å². The Morgan fingerprint density at radius 2 is 1.90 bits per heavy atom. The number of nitrogens with one attached hydrogen (secondary N) is 1. The van der Waals surface area contributed by atoms with Gasteiger partial charge in [-0.25, -0.2) is 0 Å². The van der Waals surface area contributed by atoms with Crippen molar-refractivity contribution in [2.75, 3.05) is 0 Å². The maximum absolute atomic E-state index is 10.2. The number of hydrogen-bond acceptors (Lipinski definition) is 3. The second-order valence-electron chi connectivity index (χ2n) is 5.40. The smallest absolute Gasteiger partial charge is 0.0804 e. The Labute approximate surface area is 120 Å². The third kappa shape index (κ3) is 3.92. The molecule has 0 aliphatic heterocycles. The summed E-state index contributed by atoms with van der Waals surface area (Å²) in [4.78, 5) is 0. The van der Waals surface area contributed by atoms with Crippen LogP contribution in [0.4, 0.5) is 0 Å². The number of aromatic nitrogens is 2. The molecule has 2 aromatic rings. The molecule has 1 heterocycles. The minimum Gasteiger partial charge on any atom is -0.388 e. The van der Waals surface area contributed by atoms with Crippen LogP contribution in [0, 0.1) is 0 Å². The highest BCUT2D eigenvalue weighted by Gasteiger charge is 2.15. The Morgan fingerprint density at radius 1 is 1.20 bits per heavy atom. The van der Waals surface area contributed by atoms with E-state index in [4.69, 9.17) is 0 Å². The fourth-order valence-electron chi connectivity index (χ4n) is 2.40. The van der Waals surface area contributed by atoms with E-state index in [-0.39, 0.29) is 12.1 Å². The molecular weight excluding hydrogens is 250 g/mol. The molecule has 0 bridgehead atoms. The summed E-state index contributed by atoms with van der Waals surface area (Å²) in [5.74, 6) is 0. The lowest BCUT2D eigenvalue weighted by atomic mass is 10.0. The van der Waals surface area contributed by atoms with Gasteiger partial charge in [-0.15, -0.1) is 0 Å². The Hall–Kier alpha value is -1.65. The molecule has 0 saturated heterocycles. The van der Waals surface area contributed by atoms with E-state index in [1.165, 1.54) is 0 Å². The van der Waals surface area contributed by atoms with Gasteiger partial charge < -0.3 is 10.4 Å². The largest absolute Gasteiger partial charge is 0.388 e.